The normalized spacial score (nSPS) is 20.0. The van der Waals surface area contributed by atoms with E-state index in [1.807, 2.05) is 6.07 Å². The van der Waals surface area contributed by atoms with E-state index in [1.54, 1.807) is 12.1 Å². The second-order valence-electron chi connectivity index (χ2n) is 5.45. The van der Waals surface area contributed by atoms with Crippen molar-refractivity contribution in [3.63, 3.8) is 0 Å². The van der Waals surface area contributed by atoms with Gasteiger partial charge in [-0.25, -0.2) is 13.1 Å². The molecule has 5 heteroatoms. The van der Waals surface area contributed by atoms with E-state index in [1.165, 1.54) is 12.0 Å². The van der Waals surface area contributed by atoms with E-state index in [2.05, 4.69) is 10.0 Å². The van der Waals surface area contributed by atoms with E-state index in [4.69, 9.17) is 0 Å². The molecular formula is C14H20N2O2S. The highest BCUT2D eigenvalue weighted by Gasteiger charge is 2.23. The third kappa shape index (κ3) is 2.77. The van der Waals surface area contributed by atoms with Gasteiger partial charge in [-0.05, 0) is 37.0 Å². The summed E-state index contributed by atoms with van der Waals surface area (Å²) in [6, 6.07) is 5.51. The lowest BCUT2D eigenvalue weighted by Gasteiger charge is -2.22. The topological polar surface area (TPSA) is 58.2 Å². The minimum atomic E-state index is -3.37. The maximum Gasteiger partial charge on any atom is 0.240 e. The minimum Gasteiger partial charge on any atom is -0.384 e. The predicted molar refractivity (Wildman–Crippen MR) is 75.8 cm³/mol. The summed E-state index contributed by atoms with van der Waals surface area (Å²) in [6.07, 6.45) is 6.37. The van der Waals surface area contributed by atoms with Crippen molar-refractivity contribution in [2.45, 2.75) is 49.5 Å². The van der Waals surface area contributed by atoms with Crippen LogP contribution in [-0.4, -0.2) is 21.0 Å². The Kier molecular flexibility index (Phi) is 3.50. The van der Waals surface area contributed by atoms with Crippen molar-refractivity contribution in [2.75, 3.05) is 11.9 Å². The molecule has 1 fully saturated rings. The molecule has 0 spiro atoms. The summed E-state index contributed by atoms with van der Waals surface area (Å²) in [5.74, 6) is 0. The Labute approximate surface area is 114 Å². The van der Waals surface area contributed by atoms with Crippen LogP contribution in [-0.2, 0) is 16.4 Å². The molecule has 4 nitrogen and oxygen atoms in total. The zero-order valence-corrected chi connectivity index (χ0v) is 11.8. The fraction of sp³-hybridized carbons (Fsp3) is 0.571. The van der Waals surface area contributed by atoms with Gasteiger partial charge >= 0.3 is 0 Å². The molecule has 1 saturated carbocycles. The highest BCUT2D eigenvalue weighted by Crippen LogP contribution is 2.26. The first-order valence-electron chi connectivity index (χ1n) is 7.04. The van der Waals surface area contributed by atoms with Gasteiger partial charge in [0.1, 0.15) is 0 Å². The summed E-state index contributed by atoms with van der Waals surface area (Å²) in [6.45, 7) is 0.898. The molecule has 1 aromatic carbocycles. The van der Waals surface area contributed by atoms with E-state index < -0.39 is 10.0 Å². The van der Waals surface area contributed by atoms with Crippen molar-refractivity contribution in [2.24, 2.45) is 0 Å². The van der Waals surface area contributed by atoms with Crippen LogP contribution in [0.5, 0.6) is 0 Å². The Morgan fingerprint density at radius 2 is 1.95 bits per heavy atom. The summed E-state index contributed by atoms with van der Waals surface area (Å²) in [5.41, 5.74) is 2.17. The van der Waals surface area contributed by atoms with E-state index in [9.17, 15) is 8.42 Å². The van der Waals surface area contributed by atoms with Crippen molar-refractivity contribution in [1.29, 1.82) is 0 Å². The first kappa shape index (κ1) is 12.9. The van der Waals surface area contributed by atoms with Crippen molar-refractivity contribution in [1.82, 2.24) is 4.72 Å². The smallest absolute Gasteiger partial charge is 0.240 e. The summed E-state index contributed by atoms with van der Waals surface area (Å²) in [7, 11) is -3.37. The van der Waals surface area contributed by atoms with Gasteiger partial charge in [-0.3, -0.25) is 0 Å². The zero-order chi connectivity index (χ0) is 13.3. The molecule has 3 rings (SSSR count). The molecule has 2 N–H and O–H groups in total. The highest BCUT2D eigenvalue weighted by molar-refractivity contribution is 7.89. The first-order valence-corrected chi connectivity index (χ1v) is 8.53. The van der Waals surface area contributed by atoms with Crippen molar-refractivity contribution in [3.8, 4) is 0 Å². The lowest BCUT2D eigenvalue weighted by atomic mass is 9.96. The number of nitrogens with one attached hydrogen (secondary N) is 2. The molecule has 0 bridgehead atoms. The fourth-order valence-corrected chi connectivity index (χ4v) is 4.28. The second kappa shape index (κ2) is 5.13. The van der Waals surface area contributed by atoms with Crippen LogP contribution in [0.15, 0.2) is 23.1 Å². The molecule has 0 amide bonds. The van der Waals surface area contributed by atoms with Crippen LogP contribution in [0.4, 0.5) is 5.69 Å². The van der Waals surface area contributed by atoms with Gasteiger partial charge in [0.2, 0.25) is 10.0 Å². The third-order valence-corrected chi connectivity index (χ3v) is 5.55. The number of hydrogen-bond donors (Lipinski definition) is 2. The molecule has 19 heavy (non-hydrogen) atoms. The molecule has 1 heterocycles. The van der Waals surface area contributed by atoms with E-state index >= 15 is 0 Å². The Morgan fingerprint density at radius 1 is 1.16 bits per heavy atom. The highest BCUT2D eigenvalue weighted by atomic mass is 32.2. The van der Waals surface area contributed by atoms with Crippen LogP contribution in [0, 0.1) is 0 Å². The molecule has 0 aromatic heterocycles. The van der Waals surface area contributed by atoms with Crippen molar-refractivity contribution >= 4 is 15.7 Å². The minimum absolute atomic E-state index is 0.111. The van der Waals surface area contributed by atoms with Gasteiger partial charge in [-0.1, -0.05) is 25.3 Å². The quantitative estimate of drug-likeness (QED) is 0.893. The maximum atomic E-state index is 12.4. The van der Waals surface area contributed by atoms with Gasteiger partial charge in [-0.15, -0.1) is 0 Å². The Balaban J connectivity index is 1.79. The van der Waals surface area contributed by atoms with Crippen LogP contribution in [0.2, 0.25) is 0 Å². The summed E-state index contributed by atoms with van der Waals surface area (Å²) in [4.78, 5) is 0.381. The van der Waals surface area contributed by atoms with E-state index in [0.717, 1.165) is 44.3 Å². The lowest BCUT2D eigenvalue weighted by molar-refractivity contribution is 0.412. The van der Waals surface area contributed by atoms with Gasteiger partial charge in [0.25, 0.3) is 0 Å². The SMILES string of the molecule is O=S(=O)(NC1CCCCC1)c1ccc2c(c1)NCC2. The number of anilines is 1. The Morgan fingerprint density at radius 3 is 2.74 bits per heavy atom. The number of rotatable bonds is 3. The number of fused-ring (bicyclic) bond motifs is 1. The molecule has 1 aliphatic heterocycles. The molecule has 2 aliphatic rings. The molecular weight excluding hydrogens is 260 g/mol. The number of hydrogen-bond acceptors (Lipinski definition) is 3. The average Bonchev–Trinajstić information content (AvgIpc) is 2.86. The second-order valence-corrected chi connectivity index (χ2v) is 7.17. The third-order valence-electron chi connectivity index (χ3n) is 4.03. The molecule has 0 unspecified atom stereocenters. The summed E-state index contributed by atoms with van der Waals surface area (Å²) in [5, 5.41) is 3.22. The molecule has 104 valence electrons. The van der Waals surface area contributed by atoms with Crippen LogP contribution in [0.1, 0.15) is 37.7 Å². The van der Waals surface area contributed by atoms with Gasteiger partial charge < -0.3 is 5.32 Å². The lowest BCUT2D eigenvalue weighted by Crippen LogP contribution is -2.36. The fourth-order valence-electron chi connectivity index (χ4n) is 2.95. The van der Waals surface area contributed by atoms with Gasteiger partial charge in [-0.2, -0.15) is 0 Å². The molecule has 1 aromatic rings. The average molecular weight is 280 g/mol. The Hall–Kier alpha value is -1.07. The summed E-state index contributed by atoms with van der Waals surface area (Å²) < 4.78 is 27.6. The monoisotopic (exact) mass is 280 g/mol. The van der Waals surface area contributed by atoms with E-state index in [0.29, 0.717) is 4.90 Å². The standard InChI is InChI=1S/C14H20N2O2S/c17-19(18,16-12-4-2-1-3-5-12)13-7-6-11-8-9-15-14(11)10-13/h6-7,10,12,15-16H,1-5,8-9H2. The summed E-state index contributed by atoms with van der Waals surface area (Å²) >= 11 is 0. The van der Waals surface area contributed by atoms with Gasteiger partial charge in [0.05, 0.1) is 4.90 Å². The zero-order valence-electron chi connectivity index (χ0n) is 11.0. The van der Waals surface area contributed by atoms with Gasteiger partial charge in [0.15, 0.2) is 0 Å². The van der Waals surface area contributed by atoms with Crippen molar-refractivity contribution < 1.29 is 8.42 Å². The molecule has 0 radical (unpaired) electrons. The molecule has 1 aliphatic carbocycles. The Bertz CT molecular complexity index is 563. The molecule has 0 saturated heterocycles. The predicted octanol–water partition coefficient (Wildman–Crippen LogP) is 2.27. The number of benzene rings is 1. The van der Waals surface area contributed by atoms with Crippen LogP contribution < -0.4 is 10.0 Å². The largest absolute Gasteiger partial charge is 0.384 e. The van der Waals surface area contributed by atoms with Crippen LogP contribution >= 0.6 is 0 Å². The van der Waals surface area contributed by atoms with Crippen molar-refractivity contribution in [3.05, 3.63) is 23.8 Å². The van der Waals surface area contributed by atoms with Gasteiger partial charge in [0, 0.05) is 18.3 Å². The number of sulfonamides is 1. The maximum absolute atomic E-state index is 12.4. The first-order chi connectivity index (χ1) is 9.15. The molecule has 0 atom stereocenters. The van der Waals surface area contributed by atoms with Crippen LogP contribution in [0.3, 0.4) is 0 Å². The van der Waals surface area contributed by atoms with Crippen LogP contribution in [0.25, 0.3) is 0 Å². The van der Waals surface area contributed by atoms with E-state index in [-0.39, 0.29) is 6.04 Å².